The van der Waals surface area contributed by atoms with Crippen molar-refractivity contribution in [2.45, 2.75) is 6.61 Å². The number of carbonyl (C=O) groups is 2. The van der Waals surface area contributed by atoms with Crippen LogP contribution in [0.1, 0.15) is 26.5 Å². The summed E-state index contributed by atoms with van der Waals surface area (Å²) in [5.41, 5.74) is 1.38. The maximum Gasteiger partial charge on any atom is 0.375 e. The summed E-state index contributed by atoms with van der Waals surface area (Å²) >= 11 is 0. The van der Waals surface area contributed by atoms with E-state index < -0.39 is 18.4 Å². The van der Waals surface area contributed by atoms with Crippen molar-refractivity contribution in [1.82, 2.24) is 0 Å². The Balaban J connectivity index is 1.80. The van der Waals surface area contributed by atoms with Gasteiger partial charge in [-0.3, -0.25) is 4.79 Å². The molecule has 0 aliphatic heterocycles. The van der Waals surface area contributed by atoms with E-state index in [1.54, 1.807) is 24.3 Å². The zero-order valence-corrected chi connectivity index (χ0v) is 15.8. The van der Waals surface area contributed by atoms with Crippen molar-refractivity contribution in [3.8, 4) is 11.5 Å². The van der Waals surface area contributed by atoms with E-state index in [-0.39, 0.29) is 17.9 Å². The molecule has 0 fully saturated rings. The fraction of sp³-hybridized carbons (Fsp3) is 0.238. The largest absolute Gasteiger partial charge is 0.497 e. The number of fused-ring (bicyclic) bond motifs is 1. The van der Waals surface area contributed by atoms with Gasteiger partial charge in [-0.15, -0.1) is 0 Å². The van der Waals surface area contributed by atoms with Gasteiger partial charge >= 0.3 is 5.97 Å². The minimum absolute atomic E-state index is 0.0217. The summed E-state index contributed by atoms with van der Waals surface area (Å²) in [6.07, 6.45) is 0. The molecule has 0 amide bonds. The lowest BCUT2D eigenvalue weighted by atomic mass is 10.1. The normalized spacial score (nSPS) is 10.7. The first-order valence-electron chi connectivity index (χ1n) is 8.50. The van der Waals surface area contributed by atoms with Crippen molar-refractivity contribution in [3.63, 3.8) is 0 Å². The number of methoxy groups -OCH3 is 3. The van der Waals surface area contributed by atoms with Crippen LogP contribution in [0.5, 0.6) is 11.5 Å². The van der Waals surface area contributed by atoms with E-state index in [0.717, 1.165) is 5.39 Å². The number of rotatable bonds is 8. The molecule has 0 aliphatic rings. The van der Waals surface area contributed by atoms with Gasteiger partial charge in [0.1, 0.15) is 17.1 Å². The number of carbonyl (C=O) groups excluding carboxylic acids is 2. The molecule has 1 heterocycles. The van der Waals surface area contributed by atoms with E-state index in [0.29, 0.717) is 22.6 Å². The van der Waals surface area contributed by atoms with Crippen LogP contribution in [-0.4, -0.2) is 39.7 Å². The van der Waals surface area contributed by atoms with Gasteiger partial charge in [0.05, 0.1) is 26.4 Å². The first kappa shape index (κ1) is 19.4. The van der Waals surface area contributed by atoms with Gasteiger partial charge in [-0.1, -0.05) is 18.2 Å². The van der Waals surface area contributed by atoms with E-state index in [1.165, 1.54) is 27.4 Å². The summed E-state index contributed by atoms with van der Waals surface area (Å²) in [7, 11) is 4.47. The molecule has 146 valence electrons. The van der Waals surface area contributed by atoms with Crippen LogP contribution >= 0.6 is 0 Å². The number of hydrogen-bond donors (Lipinski definition) is 0. The second kappa shape index (κ2) is 8.58. The zero-order valence-electron chi connectivity index (χ0n) is 15.8. The maximum absolute atomic E-state index is 12.5. The second-order valence-corrected chi connectivity index (χ2v) is 5.90. The van der Waals surface area contributed by atoms with Gasteiger partial charge in [0, 0.05) is 18.1 Å². The lowest BCUT2D eigenvalue weighted by Gasteiger charge is -2.10. The standard InChI is InChI=1S/C21H20O7/c1-24-11-16-14-6-4-5-7-19(14)28-20(16)21(23)27-12-17(22)15-10-13(25-2)8-9-18(15)26-3/h4-10H,11-12H2,1-3H3. The molecule has 0 radical (unpaired) electrons. The van der Waals surface area contributed by atoms with Gasteiger partial charge in [-0.25, -0.2) is 4.79 Å². The minimum atomic E-state index is -0.738. The molecule has 2 aromatic carbocycles. The van der Waals surface area contributed by atoms with Crippen LogP contribution in [0.2, 0.25) is 0 Å². The van der Waals surface area contributed by atoms with Crippen LogP contribution in [0.4, 0.5) is 0 Å². The van der Waals surface area contributed by atoms with Crippen molar-refractivity contribution < 1.29 is 33.0 Å². The molecule has 0 atom stereocenters. The molecule has 0 bridgehead atoms. The van der Waals surface area contributed by atoms with E-state index >= 15 is 0 Å². The van der Waals surface area contributed by atoms with E-state index in [1.807, 2.05) is 12.1 Å². The summed E-state index contributed by atoms with van der Waals surface area (Å²) in [5.74, 6) is -0.277. The number of Topliss-reactive ketones (excluding diaryl/α,β-unsaturated/α-hetero) is 1. The highest BCUT2D eigenvalue weighted by atomic mass is 16.5. The van der Waals surface area contributed by atoms with E-state index in [4.69, 9.17) is 23.4 Å². The first-order chi connectivity index (χ1) is 13.6. The number of hydrogen-bond acceptors (Lipinski definition) is 7. The van der Waals surface area contributed by atoms with Gasteiger partial charge in [0.2, 0.25) is 11.5 Å². The molecule has 3 aromatic rings. The third-order valence-corrected chi connectivity index (χ3v) is 4.21. The highest BCUT2D eigenvalue weighted by Gasteiger charge is 2.23. The Morgan fingerprint density at radius 2 is 1.79 bits per heavy atom. The molecule has 0 N–H and O–H groups in total. The zero-order chi connectivity index (χ0) is 20.1. The quantitative estimate of drug-likeness (QED) is 0.433. The van der Waals surface area contributed by atoms with Crippen molar-refractivity contribution >= 4 is 22.7 Å². The summed E-state index contributed by atoms with van der Waals surface area (Å²) in [6, 6.07) is 12.0. The van der Waals surface area contributed by atoms with Crippen LogP contribution in [0.15, 0.2) is 46.9 Å². The number of para-hydroxylation sites is 1. The van der Waals surface area contributed by atoms with Crippen molar-refractivity contribution in [3.05, 3.63) is 59.4 Å². The number of ether oxygens (including phenoxy) is 4. The molecule has 0 saturated carbocycles. The lowest BCUT2D eigenvalue weighted by Crippen LogP contribution is -2.15. The van der Waals surface area contributed by atoms with Crippen LogP contribution in [0, 0.1) is 0 Å². The summed E-state index contributed by atoms with van der Waals surface area (Å²) in [6.45, 7) is -0.287. The van der Waals surface area contributed by atoms with E-state index in [9.17, 15) is 9.59 Å². The van der Waals surface area contributed by atoms with Gasteiger partial charge in [-0.05, 0) is 24.3 Å². The van der Waals surface area contributed by atoms with E-state index in [2.05, 4.69) is 0 Å². The number of ketones is 1. The number of benzene rings is 2. The van der Waals surface area contributed by atoms with Gasteiger partial charge in [-0.2, -0.15) is 0 Å². The molecule has 0 unspecified atom stereocenters. The summed E-state index contributed by atoms with van der Waals surface area (Å²) in [4.78, 5) is 25.1. The van der Waals surface area contributed by atoms with Gasteiger partial charge in [0.15, 0.2) is 6.61 Å². The van der Waals surface area contributed by atoms with Gasteiger partial charge in [0.25, 0.3) is 0 Å². The Labute approximate surface area is 161 Å². The van der Waals surface area contributed by atoms with Crippen LogP contribution in [-0.2, 0) is 16.1 Å². The Morgan fingerprint density at radius 1 is 1.00 bits per heavy atom. The van der Waals surface area contributed by atoms with Crippen LogP contribution in [0.25, 0.3) is 11.0 Å². The maximum atomic E-state index is 12.5. The molecule has 0 spiro atoms. The monoisotopic (exact) mass is 384 g/mol. The molecular weight excluding hydrogens is 364 g/mol. The first-order valence-corrected chi connectivity index (χ1v) is 8.50. The average Bonchev–Trinajstić information content (AvgIpc) is 3.10. The Morgan fingerprint density at radius 3 is 2.50 bits per heavy atom. The molecule has 0 aliphatic carbocycles. The molecule has 7 nitrogen and oxygen atoms in total. The number of furan rings is 1. The Hall–Kier alpha value is -3.32. The molecule has 1 aromatic heterocycles. The molecule has 0 saturated heterocycles. The fourth-order valence-corrected chi connectivity index (χ4v) is 2.86. The summed E-state index contributed by atoms with van der Waals surface area (Å²) < 4.78 is 26.3. The minimum Gasteiger partial charge on any atom is -0.497 e. The van der Waals surface area contributed by atoms with Crippen molar-refractivity contribution in [1.29, 1.82) is 0 Å². The van der Waals surface area contributed by atoms with Crippen LogP contribution < -0.4 is 9.47 Å². The molecule has 7 heteroatoms. The lowest BCUT2D eigenvalue weighted by molar-refractivity contribution is 0.0440. The summed E-state index contributed by atoms with van der Waals surface area (Å²) in [5, 5.41) is 0.761. The fourth-order valence-electron chi connectivity index (χ4n) is 2.86. The van der Waals surface area contributed by atoms with Crippen molar-refractivity contribution in [2.24, 2.45) is 0 Å². The SMILES string of the molecule is COCc1c(C(=O)OCC(=O)c2cc(OC)ccc2OC)oc2ccccc12. The van der Waals surface area contributed by atoms with Crippen molar-refractivity contribution in [2.75, 3.05) is 27.9 Å². The molecule has 3 rings (SSSR count). The second-order valence-electron chi connectivity index (χ2n) is 5.90. The van der Waals surface area contributed by atoms with Crippen LogP contribution in [0.3, 0.4) is 0 Å². The predicted octanol–water partition coefficient (Wildman–Crippen LogP) is 3.64. The Bertz CT molecular complexity index is 1000. The number of esters is 1. The molecule has 28 heavy (non-hydrogen) atoms. The third-order valence-electron chi connectivity index (χ3n) is 4.21. The smallest absolute Gasteiger partial charge is 0.375 e. The predicted molar refractivity (Wildman–Crippen MR) is 101 cm³/mol. The highest BCUT2D eigenvalue weighted by molar-refractivity contribution is 6.02. The highest BCUT2D eigenvalue weighted by Crippen LogP contribution is 2.28. The average molecular weight is 384 g/mol. The van der Waals surface area contributed by atoms with Gasteiger partial charge < -0.3 is 23.4 Å². The molecular formula is C21H20O7. The topological polar surface area (TPSA) is 84.2 Å². The third kappa shape index (κ3) is 3.84. The Kier molecular flexibility index (Phi) is 5.96.